The van der Waals surface area contributed by atoms with Crippen molar-refractivity contribution in [2.75, 3.05) is 26.3 Å². The third-order valence-electron chi connectivity index (χ3n) is 5.21. The van der Waals surface area contributed by atoms with E-state index in [9.17, 15) is 0 Å². The minimum Gasteiger partial charge on any atom is -0.379 e. The highest BCUT2D eigenvalue weighted by Crippen LogP contribution is 2.48. The van der Waals surface area contributed by atoms with E-state index in [0.29, 0.717) is 6.04 Å². The molecule has 0 amide bonds. The molecule has 0 aromatic rings. The van der Waals surface area contributed by atoms with Crippen LogP contribution in [-0.4, -0.2) is 43.3 Å². The minimum absolute atomic E-state index is 0.451. The van der Waals surface area contributed by atoms with E-state index in [2.05, 4.69) is 11.8 Å². The molecule has 1 heterocycles. The Labute approximate surface area is 105 Å². The maximum atomic E-state index is 6.42. The normalized spacial score (nSPS) is 48.0. The fraction of sp³-hybridized carbons (Fsp3) is 1.00. The summed E-state index contributed by atoms with van der Waals surface area (Å²) in [5, 5.41) is 0. The number of rotatable bonds is 2. The van der Waals surface area contributed by atoms with Crippen LogP contribution in [0.25, 0.3) is 0 Å². The molecule has 3 heteroatoms. The van der Waals surface area contributed by atoms with Gasteiger partial charge in [-0.1, -0.05) is 6.92 Å². The van der Waals surface area contributed by atoms with Crippen molar-refractivity contribution in [3.05, 3.63) is 0 Å². The molecule has 3 fully saturated rings. The van der Waals surface area contributed by atoms with Gasteiger partial charge >= 0.3 is 0 Å². The fourth-order valence-corrected chi connectivity index (χ4v) is 3.96. The van der Waals surface area contributed by atoms with Crippen LogP contribution in [0, 0.1) is 17.8 Å². The molecule has 2 aliphatic carbocycles. The number of hydrogen-bond donors (Lipinski definition) is 1. The molecule has 0 spiro atoms. The smallest absolute Gasteiger partial charge is 0.0594 e. The number of ether oxygens (including phenoxy) is 1. The Morgan fingerprint density at radius 1 is 1.06 bits per heavy atom. The first kappa shape index (κ1) is 11.9. The van der Waals surface area contributed by atoms with Crippen molar-refractivity contribution >= 4 is 0 Å². The molecule has 3 aliphatic rings. The van der Waals surface area contributed by atoms with Crippen molar-refractivity contribution in [2.45, 2.75) is 44.7 Å². The van der Waals surface area contributed by atoms with E-state index in [-0.39, 0.29) is 0 Å². The lowest BCUT2D eigenvalue weighted by Gasteiger charge is -2.41. The molecule has 0 aromatic heterocycles. The van der Waals surface area contributed by atoms with Crippen molar-refractivity contribution < 1.29 is 4.74 Å². The van der Waals surface area contributed by atoms with Gasteiger partial charge in [0, 0.05) is 25.2 Å². The maximum Gasteiger partial charge on any atom is 0.0594 e. The quantitative estimate of drug-likeness (QED) is 0.792. The van der Waals surface area contributed by atoms with Gasteiger partial charge in [0.25, 0.3) is 0 Å². The highest BCUT2D eigenvalue weighted by molar-refractivity contribution is 4.97. The molecule has 1 aliphatic heterocycles. The first-order valence-corrected chi connectivity index (χ1v) is 7.33. The standard InChI is InChI=1S/C14H26N2O/c1-10-8-13(10)12-3-2-11(9-14(12)15)16-4-6-17-7-5-16/h10-14H,2-9,15H2,1H3/t10?,11?,12?,13-,14?/m0/s1. The zero-order chi connectivity index (χ0) is 11.8. The van der Waals surface area contributed by atoms with E-state index in [4.69, 9.17) is 10.5 Å². The van der Waals surface area contributed by atoms with Gasteiger partial charge in [-0.15, -0.1) is 0 Å². The number of hydrogen-bond acceptors (Lipinski definition) is 3. The van der Waals surface area contributed by atoms with Gasteiger partial charge in [0.15, 0.2) is 0 Å². The Hall–Kier alpha value is -0.120. The molecule has 0 bridgehead atoms. The first-order valence-electron chi connectivity index (χ1n) is 7.33. The SMILES string of the molecule is CC1C[C@@H]1C1CCC(N2CCOCC2)CC1N. The summed E-state index contributed by atoms with van der Waals surface area (Å²) in [5.41, 5.74) is 6.42. The molecule has 0 radical (unpaired) electrons. The van der Waals surface area contributed by atoms with E-state index >= 15 is 0 Å². The van der Waals surface area contributed by atoms with E-state index in [0.717, 1.165) is 50.1 Å². The summed E-state index contributed by atoms with van der Waals surface area (Å²) in [7, 11) is 0. The van der Waals surface area contributed by atoms with Gasteiger partial charge in [-0.2, -0.15) is 0 Å². The summed E-state index contributed by atoms with van der Waals surface area (Å²) in [4.78, 5) is 2.61. The second-order valence-corrected chi connectivity index (χ2v) is 6.32. The molecule has 17 heavy (non-hydrogen) atoms. The van der Waals surface area contributed by atoms with Crippen LogP contribution >= 0.6 is 0 Å². The van der Waals surface area contributed by atoms with Gasteiger partial charge in [-0.3, -0.25) is 4.90 Å². The van der Waals surface area contributed by atoms with Crippen LogP contribution in [0.1, 0.15) is 32.6 Å². The lowest BCUT2D eigenvalue weighted by molar-refractivity contribution is 0.00102. The zero-order valence-corrected chi connectivity index (χ0v) is 11.0. The van der Waals surface area contributed by atoms with Gasteiger partial charge in [-0.25, -0.2) is 0 Å². The first-order chi connectivity index (χ1) is 8.25. The van der Waals surface area contributed by atoms with E-state index in [1.54, 1.807) is 0 Å². The van der Waals surface area contributed by atoms with E-state index < -0.39 is 0 Å². The molecule has 98 valence electrons. The molecule has 3 nitrogen and oxygen atoms in total. The number of morpholine rings is 1. The lowest BCUT2D eigenvalue weighted by atomic mass is 9.78. The predicted molar refractivity (Wildman–Crippen MR) is 68.8 cm³/mol. The van der Waals surface area contributed by atoms with Crippen LogP contribution in [-0.2, 0) is 4.74 Å². The average Bonchev–Trinajstić information content (AvgIpc) is 3.07. The molecule has 5 atom stereocenters. The van der Waals surface area contributed by atoms with Gasteiger partial charge in [0.05, 0.1) is 13.2 Å². The van der Waals surface area contributed by atoms with Crippen molar-refractivity contribution in [2.24, 2.45) is 23.5 Å². The number of nitrogens with two attached hydrogens (primary N) is 1. The van der Waals surface area contributed by atoms with Crippen LogP contribution in [0.3, 0.4) is 0 Å². The van der Waals surface area contributed by atoms with Crippen molar-refractivity contribution in [3.63, 3.8) is 0 Å². The highest BCUT2D eigenvalue weighted by atomic mass is 16.5. The van der Waals surface area contributed by atoms with Crippen LogP contribution in [0.15, 0.2) is 0 Å². The van der Waals surface area contributed by atoms with Gasteiger partial charge < -0.3 is 10.5 Å². The summed E-state index contributed by atoms with van der Waals surface area (Å²) >= 11 is 0. The summed E-state index contributed by atoms with van der Waals surface area (Å²) in [6, 6.07) is 1.19. The Morgan fingerprint density at radius 2 is 1.76 bits per heavy atom. The molecule has 2 N–H and O–H groups in total. The van der Waals surface area contributed by atoms with Crippen molar-refractivity contribution in [3.8, 4) is 0 Å². The summed E-state index contributed by atoms with van der Waals surface area (Å²) in [5.74, 6) is 2.73. The number of nitrogens with zero attached hydrogens (tertiary/aromatic N) is 1. The van der Waals surface area contributed by atoms with Gasteiger partial charge in [0.1, 0.15) is 0 Å². The molecule has 3 rings (SSSR count). The van der Waals surface area contributed by atoms with Crippen molar-refractivity contribution in [1.82, 2.24) is 4.90 Å². The Balaban J connectivity index is 1.53. The summed E-state index contributed by atoms with van der Waals surface area (Å²) in [6.45, 7) is 6.43. The van der Waals surface area contributed by atoms with Crippen molar-refractivity contribution in [1.29, 1.82) is 0 Å². The Kier molecular flexibility index (Phi) is 3.42. The molecular weight excluding hydrogens is 212 g/mol. The van der Waals surface area contributed by atoms with E-state index in [1.807, 2.05) is 0 Å². The lowest BCUT2D eigenvalue weighted by Crippen LogP contribution is -2.50. The third kappa shape index (κ3) is 2.51. The Bertz CT molecular complexity index is 265. The van der Waals surface area contributed by atoms with Gasteiger partial charge in [-0.05, 0) is 43.4 Å². The summed E-state index contributed by atoms with van der Waals surface area (Å²) < 4.78 is 5.43. The zero-order valence-electron chi connectivity index (χ0n) is 11.0. The van der Waals surface area contributed by atoms with Crippen LogP contribution < -0.4 is 5.73 Å². The molecule has 1 saturated heterocycles. The Morgan fingerprint density at radius 3 is 2.35 bits per heavy atom. The largest absolute Gasteiger partial charge is 0.379 e. The third-order valence-corrected chi connectivity index (χ3v) is 5.21. The summed E-state index contributed by atoms with van der Waals surface area (Å²) in [6.07, 6.45) is 5.37. The molecular formula is C14H26N2O. The molecule has 0 aromatic carbocycles. The monoisotopic (exact) mass is 238 g/mol. The predicted octanol–water partition coefficient (Wildman–Crippen LogP) is 1.47. The molecule has 2 saturated carbocycles. The minimum atomic E-state index is 0.451. The average molecular weight is 238 g/mol. The topological polar surface area (TPSA) is 38.5 Å². The second-order valence-electron chi connectivity index (χ2n) is 6.32. The van der Waals surface area contributed by atoms with Crippen LogP contribution in [0.4, 0.5) is 0 Å². The maximum absolute atomic E-state index is 6.42. The van der Waals surface area contributed by atoms with Crippen LogP contribution in [0.2, 0.25) is 0 Å². The van der Waals surface area contributed by atoms with Gasteiger partial charge in [0.2, 0.25) is 0 Å². The fourth-order valence-electron chi connectivity index (χ4n) is 3.96. The highest BCUT2D eigenvalue weighted by Gasteiger charge is 2.44. The second kappa shape index (κ2) is 4.87. The molecule has 4 unspecified atom stereocenters. The van der Waals surface area contributed by atoms with E-state index in [1.165, 1.54) is 25.7 Å². The van der Waals surface area contributed by atoms with Crippen LogP contribution in [0.5, 0.6) is 0 Å².